The highest BCUT2D eigenvalue weighted by molar-refractivity contribution is 5.76. The van der Waals surface area contributed by atoms with Crippen LogP contribution in [0.25, 0.3) is 0 Å². The Kier molecular flexibility index (Phi) is 3.16. The second-order valence-electron chi connectivity index (χ2n) is 2.85. The number of aryl methyl sites for hydroxylation is 1. The average molecular weight is 197 g/mol. The summed E-state index contributed by atoms with van der Waals surface area (Å²) in [6.45, 7) is 0.535. The number of hydrogen-bond donors (Lipinski definition) is 2. The minimum atomic E-state index is -0.492. The summed E-state index contributed by atoms with van der Waals surface area (Å²) in [7, 11) is 0. The largest absolute Gasteiger partial charge is 0.388 e. The Morgan fingerprint density at radius 3 is 3.00 bits per heavy atom. The summed E-state index contributed by atoms with van der Waals surface area (Å²) in [6.07, 6.45) is 3.70. The number of amidine groups is 1. The molecule has 1 heterocycles. The maximum Gasteiger partial charge on any atom is 0.306 e. The highest BCUT2D eigenvalue weighted by Gasteiger charge is 2.07. The number of aromatic nitrogens is 2. The molecule has 0 radical (unpaired) electrons. The third kappa shape index (κ3) is 2.85. The topological polar surface area (TPSA) is 111 Å². The fraction of sp³-hybridized carbons (Fsp3) is 0.429. The first-order valence-corrected chi connectivity index (χ1v) is 4.09. The Bertz CT molecular complexity index is 346. The highest BCUT2D eigenvalue weighted by Crippen LogP contribution is 2.08. The van der Waals surface area contributed by atoms with Gasteiger partial charge in [-0.25, -0.2) is 0 Å². The molecule has 7 nitrogen and oxygen atoms in total. The SMILES string of the molecule is N=C(N)CCCn1cc([N+](=O)[O-])cn1. The minimum absolute atomic E-state index is 0.0205. The summed E-state index contributed by atoms with van der Waals surface area (Å²) in [5.74, 6) is 0.117. The molecule has 3 N–H and O–H groups in total. The van der Waals surface area contributed by atoms with E-state index < -0.39 is 4.92 Å². The van der Waals surface area contributed by atoms with Crippen molar-refractivity contribution < 1.29 is 4.92 Å². The van der Waals surface area contributed by atoms with Gasteiger partial charge in [-0.2, -0.15) is 5.10 Å². The zero-order valence-electron chi connectivity index (χ0n) is 7.51. The van der Waals surface area contributed by atoms with Crippen molar-refractivity contribution in [2.75, 3.05) is 0 Å². The van der Waals surface area contributed by atoms with E-state index >= 15 is 0 Å². The lowest BCUT2D eigenvalue weighted by Crippen LogP contribution is -2.10. The summed E-state index contributed by atoms with van der Waals surface area (Å²) in [4.78, 5) is 9.80. The van der Waals surface area contributed by atoms with Crippen LogP contribution in [-0.2, 0) is 6.54 Å². The molecule has 7 heteroatoms. The third-order valence-electron chi connectivity index (χ3n) is 1.66. The lowest BCUT2D eigenvalue weighted by Gasteiger charge is -1.98. The van der Waals surface area contributed by atoms with E-state index in [2.05, 4.69) is 5.10 Å². The maximum atomic E-state index is 10.3. The first kappa shape index (κ1) is 10.2. The van der Waals surface area contributed by atoms with E-state index in [0.717, 1.165) is 0 Å². The van der Waals surface area contributed by atoms with Crippen molar-refractivity contribution >= 4 is 11.5 Å². The van der Waals surface area contributed by atoms with Crippen molar-refractivity contribution in [2.24, 2.45) is 5.73 Å². The van der Waals surface area contributed by atoms with Gasteiger partial charge in [0.25, 0.3) is 0 Å². The van der Waals surface area contributed by atoms with Crippen LogP contribution in [-0.4, -0.2) is 20.5 Å². The van der Waals surface area contributed by atoms with Gasteiger partial charge in [-0.15, -0.1) is 0 Å². The fourth-order valence-corrected chi connectivity index (χ4v) is 1.00. The average Bonchev–Trinajstić information content (AvgIpc) is 2.52. The van der Waals surface area contributed by atoms with Gasteiger partial charge < -0.3 is 5.73 Å². The van der Waals surface area contributed by atoms with Gasteiger partial charge in [-0.05, 0) is 6.42 Å². The van der Waals surface area contributed by atoms with E-state index in [0.29, 0.717) is 19.4 Å². The summed E-state index contributed by atoms with van der Waals surface area (Å²) in [5, 5.41) is 21.1. The van der Waals surface area contributed by atoms with E-state index in [1.165, 1.54) is 17.1 Å². The third-order valence-corrected chi connectivity index (χ3v) is 1.66. The van der Waals surface area contributed by atoms with Crippen LogP contribution in [0.15, 0.2) is 12.4 Å². The van der Waals surface area contributed by atoms with Crippen LogP contribution < -0.4 is 5.73 Å². The molecule has 0 aliphatic heterocycles. The summed E-state index contributed by atoms with van der Waals surface area (Å²) in [5.41, 5.74) is 5.13. The smallest absolute Gasteiger partial charge is 0.306 e. The molecule has 0 unspecified atom stereocenters. The minimum Gasteiger partial charge on any atom is -0.388 e. The van der Waals surface area contributed by atoms with E-state index in [4.69, 9.17) is 11.1 Å². The van der Waals surface area contributed by atoms with Crippen molar-refractivity contribution in [1.29, 1.82) is 5.41 Å². The summed E-state index contributed by atoms with van der Waals surface area (Å²) < 4.78 is 1.47. The van der Waals surface area contributed by atoms with Crippen LogP contribution in [0, 0.1) is 15.5 Å². The molecule has 0 atom stereocenters. The number of rotatable bonds is 5. The molecule has 76 valence electrons. The molecule has 0 spiro atoms. The summed E-state index contributed by atoms with van der Waals surface area (Å²) in [6, 6.07) is 0. The lowest BCUT2D eigenvalue weighted by atomic mass is 10.3. The molecule has 0 bridgehead atoms. The Labute approximate surface area is 80.2 Å². The van der Waals surface area contributed by atoms with Crippen LogP contribution in [0.5, 0.6) is 0 Å². The van der Waals surface area contributed by atoms with Crippen molar-refractivity contribution in [2.45, 2.75) is 19.4 Å². The predicted molar refractivity (Wildman–Crippen MR) is 50.0 cm³/mol. The number of nitro groups is 1. The zero-order valence-corrected chi connectivity index (χ0v) is 7.51. The molecule has 1 aromatic heterocycles. The molecule has 1 aromatic rings. The van der Waals surface area contributed by atoms with Crippen molar-refractivity contribution in [3.05, 3.63) is 22.5 Å². The Balaban J connectivity index is 2.44. The lowest BCUT2D eigenvalue weighted by molar-refractivity contribution is -0.385. The van der Waals surface area contributed by atoms with Crippen LogP contribution >= 0.6 is 0 Å². The van der Waals surface area contributed by atoms with Gasteiger partial charge in [0.1, 0.15) is 12.4 Å². The second-order valence-corrected chi connectivity index (χ2v) is 2.85. The molecule has 0 aromatic carbocycles. The molecule has 0 amide bonds. The standard InChI is InChI=1S/C7H11N5O2/c8-7(9)2-1-3-11-5-6(4-10-11)12(13)14/h4-5H,1-3H2,(H3,8,9). The van der Waals surface area contributed by atoms with Gasteiger partial charge in [0.15, 0.2) is 0 Å². The molecule has 0 aliphatic rings. The molecule has 0 saturated heterocycles. The first-order chi connectivity index (χ1) is 6.59. The second kappa shape index (κ2) is 4.35. The number of nitrogens with two attached hydrogens (primary N) is 1. The van der Waals surface area contributed by atoms with Gasteiger partial charge in [0, 0.05) is 13.0 Å². The Morgan fingerprint density at radius 2 is 2.50 bits per heavy atom. The normalized spacial score (nSPS) is 10.0. The quantitative estimate of drug-likeness (QED) is 0.310. The molecule has 0 saturated carbocycles. The molecule has 14 heavy (non-hydrogen) atoms. The summed E-state index contributed by atoms with van der Waals surface area (Å²) >= 11 is 0. The predicted octanol–water partition coefficient (Wildman–Crippen LogP) is 0.507. The van der Waals surface area contributed by atoms with Crippen molar-refractivity contribution in [3.63, 3.8) is 0 Å². The monoisotopic (exact) mass is 197 g/mol. The van der Waals surface area contributed by atoms with Crippen molar-refractivity contribution in [3.8, 4) is 0 Å². The van der Waals surface area contributed by atoms with E-state index in [1.54, 1.807) is 0 Å². The van der Waals surface area contributed by atoms with Gasteiger partial charge in [-0.3, -0.25) is 20.2 Å². The molecular weight excluding hydrogens is 186 g/mol. The molecular formula is C7H11N5O2. The van der Waals surface area contributed by atoms with Gasteiger partial charge in [0.2, 0.25) is 0 Å². The van der Waals surface area contributed by atoms with Crippen LogP contribution in [0.4, 0.5) is 5.69 Å². The zero-order chi connectivity index (χ0) is 10.6. The first-order valence-electron chi connectivity index (χ1n) is 4.09. The van der Waals surface area contributed by atoms with E-state index in [9.17, 15) is 10.1 Å². The highest BCUT2D eigenvalue weighted by atomic mass is 16.6. The Hall–Kier alpha value is -1.92. The van der Waals surface area contributed by atoms with E-state index in [-0.39, 0.29) is 11.5 Å². The van der Waals surface area contributed by atoms with Crippen molar-refractivity contribution in [1.82, 2.24) is 9.78 Å². The van der Waals surface area contributed by atoms with Crippen LogP contribution in [0.2, 0.25) is 0 Å². The maximum absolute atomic E-state index is 10.3. The molecule has 0 fully saturated rings. The molecule has 1 rings (SSSR count). The van der Waals surface area contributed by atoms with E-state index in [1.807, 2.05) is 0 Å². The van der Waals surface area contributed by atoms with Gasteiger partial charge in [0.05, 0.1) is 10.8 Å². The van der Waals surface area contributed by atoms with Gasteiger partial charge >= 0.3 is 5.69 Å². The fourth-order valence-electron chi connectivity index (χ4n) is 1.00. The van der Waals surface area contributed by atoms with Crippen LogP contribution in [0.3, 0.4) is 0 Å². The van der Waals surface area contributed by atoms with Gasteiger partial charge in [-0.1, -0.05) is 0 Å². The number of nitrogens with one attached hydrogen (secondary N) is 1. The molecule has 0 aliphatic carbocycles. The Morgan fingerprint density at radius 1 is 1.79 bits per heavy atom. The van der Waals surface area contributed by atoms with Crippen LogP contribution in [0.1, 0.15) is 12.8 Å². The number of hydrogen-bond acceptors (Lipinski definition) is 4. The number of nitrogens with zero attached hydrogens (tertiary/aromatic N) is 3.